The minimum atomic E-state index is 0.258. The number of rotatable bonds is 0. The molecule has 3 aliphatic rings. The Morgan fingerprint density at radius 2 is 2.06 bits per heavy atom. The summed E-state index contributed by atoms with van der Waals surface area (Å²) in [6, 6.07) is 9.15. The number of hydrogen-bond donors (Lipinski definition) is 0. The van der Waals surface area contributed by atoms with E-state index in [1.54, 1.807) is 5.56 Å². The highest BCUT2D eigenvalue weighted by molar-refractivity contribution is 5.40. The first-order valence-corrected chi connectivity index (χ1v) is 7.33. The molecule has 0 amide bonds. The van der Waals surface area contributed by atoms with E-state index in [2.05, 4.69) is 24.3 Å². The highest BCUT2D eigenvalue weighted by atomic mass is 16.3. The van der Waals surface area contributed by atoms with Crippen molar-refractivity contribution >= 4 is 0 Å². The number of hydrogen-bond acceptors (Lipinski definition) is 1. The molecule has 1 aromatic carbocycles. The normalized spacial score (nSPS) is 37.9. The Kier molecular flexibility index (Phi) is 2.18. The lowest BCUT2D eigenvalue weighted by atomic mass is 9.53. The minimum Gasteiger partial charge on any atom is -0.0620 e. The van der Waals surface area contributed by atoms with E-state index in [1.807, 2.05) is 0 Å². The van der Waals surface area contributed by atoms with E-state index in [1.165, 1.54) is 36.0 Å². The number of nitrogens with zero attached hydrogens (tertiary/aromatic N) is 1. The van der Waals surface area contributed by atoms with Gasteiger partial charge in [0.05, 0.1) is 0 Å². The van der Waals surface area contributed by atoms with Crippen LogP contribution in [0.15, 0.2) is 24.3 Å². The van der Waals surface area contributed by atoms with Gasteiger partial charge in [0, 0.05) is 33.8 Å². The van der Waals surface area contributed by atoms with E-state index >= 15 is 0 Å². The van der Waals surface area contributed by atoms with E-state index in [9.17, 15) is 4.91 Å². The Bertz CT molecular complexity index is 510. The third kappa shape index (κ3) is 1.24. The zero-order chi connectivity index (χ0) is 12.2. The van der Waals surface area contributed by atoms with Crippen LogP contribution in [0, 0.1) is 10.8 Å². The average molecular weight is 242 g/mol. The van der Waals surface area contributed by atoms with E-state index < -0.39 is 0 Å². The Balaban J connectivity index is 1.92. The van der Waals surface area contributed by atoms with Crippen molar-refractivity contribution in [2.75, 3.05) is 6.54 Å². The van der Waals surface area contributed by atoms with Crippen molar-refractivity contribution in [2.45, 2.75) is 50.0 Å². The first-order chi connectivity index (χ1) is 8.81. The van der Waals surface area contributed by atoms with Gasteiger partial charge in [-0.1, -0.05) is 37.1 Å². The number of nitroso groups, excluding NO2 is 1. The Hall–Kier alpha value is -1.18. The lowest BCUT2D eigenvalue weighted by Gasteiger charge is -2.51. The summed E-state index contributed by atoms with van der Waals surface area (Å²) < 4.78 is 1.39. The molecule has 0 aromatic heterocycles. The van der Waals surface area contributed by atoms with Crippen molar-refractivity contribution in [1.82, 2.24) is 0 Å². The molecule has 3 atom stereocenters. The van der Waals surface area contributed by atoms with E-state index in [-0.39, 0.29) is 6.04 Å². The Morgan fingerprint density at radius 1 is 1.17 bits per heavy atom. The lowest BCUT2D eigenvalue weighted by molar-refractivity contribution is -0.612. The van der Waals surface area contributed by atoms with Crippen LogP contribution in [0.1, 0.15) is 43.2 Å². The molecule has 18 heavy (non-hydrogen) atoms. The Labute approximate surface area is 108 Å². The molecule has 0 radical (unpaired) electrons. The first-order valence-electron chi connectivity index (χ1n) is 7.33. The minimum absolute atomic E-state index is 0.258. The fraction of sp³-hybridized carbons (Fsp3) is 0.625. The van der Waals surface area contributed by atoms with Gasteiger partial charge in [0.15, 0.2) is 6.54 Å². The van der Waals surface area contributed by atoms with Gasteiger partial charge < -0.3 is 0 Å². The van der Waals surface area contributed by atoms with Gasteiger partial charge in [-0.25, -0.2) is 0 Å². The molecule has 2 bridgehead atoms. The average Bonchev–Trinajstić information content (AvgIpc) is 2.43. The highest BCUT2D eigenvalue weighted by Gasteiger charge is 2.58. The van der Waals surface area contributed by atoms with E-state index in [0.29, 0.717) is 11.3 Å². The van der Waals surface area contributed by atoms with Crippen molar-refractivity contribution in [3.8, 4) is 0 Å². The van der Waals surface area contributed by atoms with Crippen LogP contribution in [0.4, 0.5) is 0 Å². The van der Waals surface area contributed by atoms with Gasteiger partial charge in [-0.05, 0) is 24.0 Å². The molecule has 0 spiro atoms. The number of fused-ring (bicyclic) bond motifs is 1. The van der Waals surface area contributed by atoms with Crippen LogP contribution in [-0.2, 0) is 11.8 Å². The van der Waals surface area contributed by atoms with Crippen molar-refractivity contribution in [3.63, 3.8) is 0 Å². The molecule has 0 unspecified atom stereocenters. The summed E-state index contributed by atoms with van der Waals surface area (Å²) in [5.74, 6) is 0.618. The van der Waals surface area contributed by atoms with Gasteiger partial charge in [0.1, 0.15) is 0 Å². The van der Waals surface area contributed by atoms with E-state index in [0.717, 1.165) is 19.4 Å². The molecule has 0 N–H and O–H groups in total. The lowest BCUT2D eigenvalue weighted by Crippen LogP contribution is -2.57. The zero-order valence-corrected chi connectivity index (χ0v) is 10.8. The molecular weight excluding hydrogens is 222 g/mol. The number of piperidine rings is 1. The Morgan fingerprint density at radius 3 is 3.00 bits per heavy atom. The predicted octanol–water partition coefficient (Wildman–Crippen LogP) is 3.22. The molecule has 4 rings (SSSR count). The van der Waals surface area contributed by atoms with Crippen molar-refractivity contribution < 1.29 is 4.76 Å². The summed E-state index contributed by atoms with van der Waals surface area (Å²) >= 11 is 0. The standard InChI is InChI=1S/C16H20NO/c18-17-10-9-16-8-4-3-7-14(16)15(17)11-12-5-1-2-6-13(12)16/h1-2,5-6,14-15H,3-4,7-11H2/q+1/t14-,15+,16-/m0/s1. The van der Waals surface area contributed by atoms with Gasteiger partial charge in [-0.15, -0.1) is 0 Å². The van der Waals surface area contributed by atoms with Gasteiger partial charge in [0.2, 0.25) is 6.04 Å². The maximum Gasteiger partial charge on any atom is 0.208 e. The van der Waals surface area contributed by atoms with Crippen LogP contribution in [0.2, 0.25) is 0 Å². The molecule has 1 aromatic rings. The SMILES string of the molecule is O=[N+]1CC[C@]23CCCC[C@H]2[C@H]1Cc1ccccc13. The molecule has 2 aliphatic carbocycles. The van der Waals surface area contributed by atoms with E-state index in [4.69, 9.17) is 0 Å². The van der Waals surface area contributed by atoms with Crippen molar-refractivity contribution in [3.05, 3.63) is 40.3 Å². The van der Waals surface area contributed by atoms with Gasteiger partial charge in [-0.2, -0.15) is 0 Å². The third-order valence-electron chi connectivity index (χ3n) is 5.69. The smallest absolute Gasteiger partial charge is 0.0620 e. The molecule has 2 nitrogen and oxygen atoms in total. The van der Waals surface area contributed by atoms with Crippen LogP contribution >= 0.6 is 0 Å². The zero-order valence-electron chi connectivity index (χ0n) is 10.8. The van der Waals surface area contributed by atoms with Crippen LogP contribution in [0.5, 0.6) is 0 Å². The van der Waals surface area contributed by atoms with Gasteiger partial charge in [0.25, 0.3) is 0 Å². The fourth-order valence-electron chi connectivity index (χ4n) is 4.94. The van der Waals surface area contributed by atoms with Crippen LogP contribution in [-0.4, -0.2) is 17.3 Å². The second kappa shape index (κ2) is 3.66. The molecular formula is C16H20NO+. The van der Waals surface area contributed by atoms with Crippen LogP contribution < -0.4 is 0 Å². The second-order valence-corrected chi connectivity index (χ2v) is 6.33. The highest BCUT2D eigenvalue weighted by Crippen LogP contribution is 2.54. The molecule has 2 fully saturated rings. The monoisotopic (exact) mass is 242 g/mol. The van der Waals surface area contributed by atoms with Crippen molar-refractivity contribution in [2.24, 2.45) is 5.92 Å². The maximum absolute atomic E-state index is 12.2. The number of benzene rings is 1. The summed E-state index contributed by atoms with van der Waals surface area (Å²) in [6.07, 6.45) is 7.28. The van der Waals surface area contributed by atoms with Gasteiger partial charge in [-0.3, -0.25) is 0 Å². The molecule has 1 saturated carbocycles. The predicted molar refractivity (Wildman–Crippen MR) is 70.7 cm³/mol. The summed E-state index contributed by atoms with van der Waals surface area (Å²) in [5.41, 5.74) is 3.37. The quantitative estimate of drug-likeness (QED) is 0.640. The maximum atomic E-state index is 12.2. The summed E-state index contributed by atoms with van der Waals surface area (Å²) in [4.78, 5) is 12.2. The molecule has 2 heteroatoms. The molecule has 1 saturated heterocycles. The van der Waals surface area contributed by atoms with Crippen LogP contribution in [0.3, 0.4) is 0 Å². The second-order valence-electron chi connectivity index (χ2n) is 6.33. The van der Waals surface area contributed by atoms with Crippen LogP contribution in [0.25, 0.3) is 0 Å². The molecule has 1 heterocycles. The fourth-order valence-corrected chi connectivity index (χ4v) is 4.94. The third-order valence-corrected chi connectivity index (χ3v) is 5.69. The first kappa shape index (κ1) is 10.7. The summed E-state index contributed by atoms with van der Waals surface area (Å²) in [7, 11) is 0. The van der Waals surface area contributed by atoms with Crippen molar-refractivity contribution in [1.29, 1.82) is 0 Å². The summed E-state index contributed by atoms with van der Waals surface area (Å²) in [5, 5.41) is 0. The largest absolute Gasteiger partial charge is 0.208 e. The molecule has 1 aliphatic heterocycles. The molecule has 94 valence electrons. The van der Waals surface area contributed by atoms with Gasteiger partial charge >= 0.3 is 0 Å². The topological polar surface area (TPSA) is 20.1 Å². The summed E-state index contributed by atoms with van der Waals surface area (Å²) in [6.45, 7) is 0.746.